The van der Waals surface area contributed by atoms with E-state index in [-0.39, 0.29) is 18.1 Å². The smallest absolute Gasteiger partial charge is 0.340 e. The molecule has 3 aromatic rings. The van der Waals surface area contributed by atoms with Crippen molar-refractivity contribution in [2.45, 2.75) is 37.8 Å². The molecule has 1 amide bonds. The van der Waals surface area contributed by atoms with Crippen molar-refractivity contribution in [3.8, 4) is 0 Å². The largest absolute Gasteiger partial charge is 0.453 e. The topological polar surface area (TPSA) is 66.6 Å². The molecule has 7 nitrogen and oxygen atoms in total. The number of benzene rings is 1. The van der Waals surface area contributed by atoms with E-state index in [0.717, 1.165) is 35.5 Å². The number of carbonyl (C=O) groups excluding carboxylic acids is 1. The normalized spacial score (nSPS) is 15.3. The second kappa shape index (κ2) is 10.3. The number of rotatable bonds is 7. The van der Waals surface area contributed by atoms with E-state index in [1.807, 2.05) is 34.9 Å². The van der Waals surface area contributed by atoms with Gasteiger partial charge in [0.05, 0.1) is 0 Å². The molecule has 0 radical (unpaired) electrons. The molecular weight excluding hydrogens is 465 g/mol. The van der Waals surface area contributed by atoms with Gasteiger partial charge in [0.25, 0.3) is 11.6 Å². The molecule has 1 aliphatic heterocycles. The van der Waals surface area contributed by atoms with Crippen molar-refractivity contribution in [1.82, 2.24) is 29.4 Å². The van der Waals surface area contributed by atoms with E-state index >= 15 is 0 Å². The van der Waals surface area contributed by atoms with Crippen molar-refractivity contribution >= 4 is 23.4 Å². The zero-order chi connectivity index (χ0) is 24.3. The molecule has 34 heavy (non-hydrogen) atoms. The van der Waals surface area contributed by atoms with Gasteiger partial charge in [-0.1, -0.05) is 18.2 Å². The number of alkyl halides is 3. The molecule has 0 saturated carbocycles. The first-order valence-corrected chi connectivity index (χ1v) is 12.2. The maximum Gasteiger partial charge on any atom is 0.453 e. The van der Waals surface area contributed by atoms with Crippen molar-refractivity contribution in [1.29, 1.82) is 0 Å². The summed E-state index contributed by atoms with van der Waals surface area (Å²) in [5.74, 6) is -0.244. The maximum atomic E-state index is 13.0. The van der Waals surface area contributed by atoms with Gasteiger partial charge in [0.2, 0.25) is 5.91 Å². The molecule has 1 fully saturated rings. The van der Waals surface area contributed by atoms with E-state index < -0.39 is 12.0 Å². The van der Waals surface area contributed by atoms with E-state index in [9.17, 15) is 18.0 Å². The predicted molar refractivity (Wildman–Crippen MR) is 124 cm³/mol. The van der Waals surface area contributed by atoms with Crippen LogP contribution in [-0.4, -0.2) is 73.8 Å². The number of hydrogen-bond donors (Lipinski definition) is 0. The van der Waals surface area contributed by atoms with E-state index in [1.165, 1.54) is 4.90 Å². The molecule has 1 aliphatic rings. The predicted octanol–water partition coefficient (Wildman–Crippen LogP) is 3.63. The number of thioether (sulfide) groups is 1. The van der Waals surface area contributed by atoms with Crippen LogP contribution in [-0.2, 0) is 17.4 Å². The highest BCUT2D eigenvalue weighted by Gasteiger charge is 2.37. The first-order chi connectivity index (χ1) is 16.2. The zero-order valence-electron chi connectivity index (χ0n) is 19.2. The van der Waals surface area contributed by atoms with Gasteiger partial charge in [-0.05, 0) is 38.0 Å². The Bertz CT molecular complexity index is 1140. The summed E-state index contributed by atoms with van der Waals surface area (Å²) < 4.78 is 40.0. The summed E-state index contributed by atoms with van der Waals surface area (Å²) >= 11 is 1.83. The van der Waals surface area contributed by atoms with Gasteiger partial charge < -0.3 is 4.90 Å². The Morgan fingerprint density at radius 3 is 2.44 bits per heavy atom. The lowest BCUT2D eigenvalue weighted by atomic mass is 10.1. The number of carbonyl (C=O) groups is 1. The van der Waals surface area contributed by atoms with Gasteiger partial charge in [-0.25, -0.2) is 9.50 Å². The summed E-state index contributed by atoms with van der Waals surface area (Å²) in [6.45, 7) is 7.43. The number of halogens is 3. The van der Waals surface area contributed by atoms with E-state index in [0.29, 0.717) is 30.9 Å². The first-order valence-electron chi connectivity index (χ1n) is 11.2. The van der Waals surface area contributed by atoms with Crippen molar-refractivity contribution in [2.75, 3.05) is 38.5 Å². The number of aromatic nitrogens is 4. The highest BCUT2D eigenvalue weighted by atomic mass is 32.2. The summed E-state index contributed by atoms with van der Waals surface area (Å²) in [5.41, 5.74) is 1.83. The van der Waals surface area contributed by atoms with Crippen molar-refractivity contribution in [2.24, 2.45) is 0 Å². The van der Waals surface area contributed by atoms with E-state index in [2.05, 4.69) is 32.1 Å². The number of fused-ring (bicyclic) bond motifs is 1. The summed E-state index contributed by atoms with van der Waals surface area (Å²) in [7, 11) is 0. The third kappa shape index (κ3) is 5.69. The standard InChI is InChI=1S/C23H27F3N6OS/c1-16-19(17(2)32-22(27-16)28-21(29-32)23(24,25)26)8-9-20(33)31-12-10-30(11-13-31)14-15-34-18-6-4-3-5-7-18/h3-7H,8-15H2,1-2H3. The van der Waals surface area contributed by atoms with Crippen LogP contribution in [0.3, 0.4) is 0 Å². The summed E-state index contributed by atoms with van der Waals surface area (Å²) in [5, 5.41) is 3.57. The molecule has 4 rings (SSSR count). The molecule has 0 atom stereocenters. The van der Waals surface area contributed by atoms with Gasteiger partial charge in [-0.15, -0.1) is 16.9 Å². The Labute approximate surface area is 200 Å². The van der Waals surface area contributed by atoms with Crippen LogP contribution in [0.1, 0.15) is 29.2 Å². The lowest BCUT2D eigenvalue weighted by Crippen LogP contribution is -2.49. The number of nitrogens with zero attached hydrogens (tertiary/aromatic N) is 6. The van der Waals surface area contributed by atoms with Crippen molar-refractivity contribution < 1.29 is 18.0 Å². The van der Waals surface area contributed by atoms with Crippen LogP contribution in [0.25, 0.3) is 5.78 Å². The molecule has 0 spiro atoms. The molecule has 0 unspecified atom stereocenters. The first kappa shape index (κ1) is 24.5. The highest BCUT2D eigenvalue weighted by Crippen LogP contribution is 2.27. The van der Waals surface area contributed by atoms with E-state index in [4.69, 9.17) is 0 Å². The minimum absolute atomic E-state index is 0.0479. The van der Waals surface area contributed by atoms with Gasteiger partial charge in [-0.2, -0.15) is 18.2 Å². The molecule has 0 N–H and O–H groups in total. The lowest BCUT2D eigenvalue weighted by Gasteiger charge is -2.34. The lowest BCUT2D eigenvalue weighted by molar-refractivity contribution is -0.144. The number of hydrogen-bond acceptors (Lipinski definition) is 6. The molecule has 182 valence electrons. The van der Waals surface area contributed by atoms with Gasteiger partial charge in [0.1, 0.15) is 0 Å². The van der Waals surface area contributed by atoms with Crippen LogP contribution in [0.5, 0.6) is 0 Å². The van der Waals surface area contributed by atoms with Crippen molar-refractivity contribution in [3.63, 3.8) is 0 Å². The Morgan fingerprint density at radius 2 is 1.76 bits per heavy atom. The molecule has 0 aliphatic carbocycles. The second-order valence-electron chi connectivity index (χ2n) is 8.29. The van der Waals surface area contributed by atoms with Crippen molar-refractivity contribution in [3.05, 3.63) is 53.1 Å². The molecule has 2 aromatic heterocycles. The molecular formula is C23H27F3N6OS. The van der Waals surface area contributed by atoms with E-state index in [1.54, 1.807) is 13.8 Å². The number of amides is 1. The minimum atomic E-state index is -4.63. The monoisotopic (exact) mass is 492 g/mol. The summed E-state index contributed by atoms with van der Waals surface area (Å²) in [6.07, 6.45) is -3.96. The highest BCUT2D eigenvalue weighted by molar-refractivity contribution is 7.99. The third-order valence-corrected chi connectivity index (χ3v) is 7.03. The van der Waals surface area contributed by atoms with Crippen LogP contribution >= 0.6 is 11.8 Å². The zero-order valence-corrected chi connectivity index (χ0v) is 20.0. The Balaban J connectivity index is 1.28. The van der Waals surface area contributed by atoms with Crippen LogP contribution in [0, 0.1) is 13.8 Å². The van der Waals surface area contributed by atoms with Gasteiger partial charge in [0, 0.05) is 61.2 Å². The summed E-state index contributed by atoms with van der Waals surface area (Å²) in [4.78, 5) is 26.0. The Hall–Kier alpha value is -2.66. The van der Waals surface area contributed by atoms with Crippen LogP contribution < -0.4 is 0 Å². The molecule has 1 aromatic carbocycles. The van der Waals surface area contributed by atoms with Gasteiger partial charge >= 0.3 is 6.18 Å². The summed E-state index contributed by atoms with van der Waals surface area (Å²) in [6, 6.07) is 10.3. The van der Waals surface area contributed by atoms with Crippen LogP contribution in [0.15, 0.2) is 35.2 Å². The van der Waals surface area contributed by atoms with Crippen LogP contribution in [0.2, 0.25) is 0 Å². The number of piperazine rings is 1. The third-order valence-electron chi connectivity index (χ3n) is 6.04. The van der Waals surface area contributed by atoms with Gasteiger partial charge in [-0.3, -0.25) is 9.69 Å². The molecule has 11 heteroatoms. The molecule has 3 heterocycles. The fraction of sp³-hybridized carbons (Fsp3) is 0.478. The van der Waals surface area contributed by atoms with Gasteiger partial charge in [0.15, 0.2) is 0 Å². The molecule has 1 saturated heterocycles. The average molecular weight is 493 g/mol. The average Bonchev–Trinajstić information content (AvgIpc) is 3.25. The second-order valence-corrected chi connectivity index (χ2v) is 9.46. The fourth-order valence-electron chi connectivity index (χ4n) is 4.11. The fourth-order valence-corrected chi connectivity index (χ4v) is 5.05. The maximum absolute atomic E-state index is 13.0. The Morgan fingerprint density at radius 1 is 1.06 bits per heavy atom. The SMILES string of the molecule is Cc1nc2nc(C(F)(F)F)nn2c(C)c1CCC(=O)N1CCN(CCSc2ccccc2)CC1. The quantitative estimate of drug-likeness (QED) is 0.470. The minimum Gasteiger partial charge on any atom is -0.340 e. The Kier molecular flexibility index (Phi) is 7.42. The number of aryl methyl sites for hydroxylation is 2. The van der Waals surface area contributed by atoms with Crippen LogP contribution in [0.4, 0.5) is 13.2 Å². The molecule has 0 bridgehead atoms.